The summed E-state index contributed by atoms with van der Waals surface area (Å²) in [5, 5.41) is 0. The van der Waals surface area contributed by atoms with Crippen LogP contribution in [0.5, 0.6) is 0 Å². The van der Waals surface area contributed by atoms with Gasteiger partial charge in [-0.1, -0.05) is 28.1 Å². The Labute approximate surface area is 92.3 Å². The third-order valence-corrected chi connectivity index (χ3v) is 2.84. The quantitative estimate of drug-likeness (QED) is 0.773. The molecule has 0 N–H and O–H groups in total. The summed E-state index contributed by atoms with van der Waals surface area (Å²) in [6, 6.07) is 8.17. The van der Waals surface area contributed by atoms with Gasteiger partial charge in [0.15, 0.2) is 0 Å². The van der Waals surface area contributed by atoms with Gasteiger partial charge < -0.3 is 9.47 Å². The van der Waals surface area contributed by atoms with E-state index < -0.39 is 0 Å². The fourth-order valence-corrected chi connectivity index (χ4v) is 1.51. The molecular weight excluding hydrogens is 244 g/mol. The molecule has 1 heterocycles. The van der Waals surface area contributed by atoms with E-state index in [2.05, 4.69) is 35.0 Å². The third kappa shape index (κ3) is 2.80. The maximum Gasteiger partial charge on any atom is 0.107 e. The van der Waals surface area contributed by atoms with E-state index in [-0.39, 0.29) is 6.10 Å². The van der Waals surface area contributed by atoms with Crippen LogP contribution in [0.15, 0.2) is 28.7 Å². The van der Waals surface area contributed by atoms with Crippen LogP contribution in [-0.2, 0) is 16.1 Å². The van der Waals surface area contributed by atoms with E-state index in [9.17, 15) is 0 Å². The SMILES string of the molecule is C[C@H](OCc1ccc(Br)cc1)[C@@H]1CO1. The van der Waals surface area contributed by atoms with Crippen molar-refractivity contribution in [1.29, 1.82) is 0 Å². The van der Waals surface area contributed by atoms with E-state index in [1.54, 1.807) is 0 Å². The zero-order valence-corrected chi connectivity index (χ0v) is 9.66. The van der Waals surface area contributed by atoms with Gasteiger partial charge in [-0.25, -0.2) is 0 Å². The van der Waals surface area contributed by atoms with Crippen LogP contribution < -0.4 is 0 Å². The molecule has 1 saturated heterocycles. The van der Waals surface area contributed by atoms with Gasteiger partial charge in [0, 0.05) is 4.47 Å². The molecule has 2 rings (SSSR count). The molecule has 1 aliphatic rings. The highest BCUT2D eigenvalue weighted by molar-refractivity contribution is 9.10. The lowest BCUT2D eigenvalue weighted by Gasteiger charge is -2.09. The summed E-state index contributed by atoms with van der Waals surface area (Å²) >= 11 is 3.40. The molecule has 0 aromatic heterocycles. The predicted molar refractivity (Wildman–Crippen MR) is 58.1 cm³/mol. The molecule has 2 nitrogen and oxygen atoms in total. The van der Waals surface area contributed by atoms with E-state index >= 15 is 0 Å². The van der Waals surface area contributed by atoms with Gasteiger partial charge in [0.2, 0.25) is 0 Å². The van der Waals surface area contributed by atoms with Crippen molar-refractivity contribution in [2.45, 2.75) is 25.7 Å². The molecule has 1 aromatic rings. The number of benzene rings is 1. The Balaban J connectivity index is 1.82. The van der Waals surface area contributed by atoms with E-state index in [0.29, 0.717) is 12.7 Å². The molecule has 14 heavy (non-hydrogen) atoms. The molecule has 0 bridgehead atoms. The molecule has 0 amide bonds. The first-order valence-corrected chi connectivity index (χ1v) is 5.52. The highest BCUT2D eigenvalue weighted by Crippen LogP contribution is 2.18. The third-order valence-electron chi connectivity index (χ3n) is 2.31. The van der Waals surface area contributed by atoms with Gasteiger partial charge in [-0.2, -0.15) is 0 Å². The summed E-state index contributed by atoms with van der Waals surface area (Å²) < 4.78 is 11.9. The van der Waals surface area contributed by atoms with Crippen LogP contribution in [0.4, 0.5) is 0 Å². The van der Waals surface area contributed by atoms with Crippen molar-refractivity contribution in [1.82, 2.24) is 0 Å². The largest absolute Gasteiger partial charge is 0.371 e. The minimum Gasteiger partial charge on any atom is -0.371 e. The van der Waals surface area contributed by atoms with Gasteiger partial charge in [-0.3, -0.25) is 0 Å². The van der Waals surface area contributed by atoms with E-state index in [0.717, 1.165) is 11.1 Å². The Morgan fingerprint density at radius 1 is 1.50 bits per heavy atom. The molecule has 0 aliphatic carbocycles. The van der Waals surface area contributed by atoms with Crippen LogP contribution in [-0.4, -0.2) is 18.8 Å². The van der Waals surface area contributed by atoms with Crippen LogP contribution in [0.3, 0.4) is 0 Å². The maximum absolute atomic E-state index is 5.65. The second kappa shape index (κ2) is 4.43. The minimum atomic E-state index is 0.207. The molecule has 0 saturated carbocycles. The van der Waals surface area contributed by atoms with Crippen LogP contribution in [0.1, 0.15) is 12.5 Å². The second-order valence-electron chi connectivity index (χ2n) is 3.51. The number of epoxide rings is 1. The standard InChI is InChI=1S/C11H13BrO2/c1-8(11-7-14-11)13-6-9-2-4-10(12)5-3-9/h2-5,8,11H,6-7H2,1H3/t8-,11-/m0/s1. The lowest BCUT2D eigenvalue weighted by Crippen LogP contribution is -2.14. The Bertz CT molecular complexity index is 293. The molecule has 0 unspecified atom stereocenters. The van der Waals surface area contributed by atoms with Crippen molar-refractivity contribution in [3.05, 3.63) is 34.3 Å². The Hall–Kier alpha value is -0.380. The van der Waals surface area contributed by atoms with Crippen molar-refractivity contribution in [2.24, 2.45) is 0 Å². The van der Waals surface area contributed by atoms with Gasteiger partial charge in [0.1, 0.15) is 6.10 Å². The molecule has 0 radical (unpaired) electrons. The average molecular weight is 257 g/mol. The van der Waals surface area contributed by atoms with Crippen molar-refractivity contribution in [3.8, 4) is 0 Å². The van der Waals surface area contributed by atoms with Gasteiger partial charge >= 0.3 is 0 Å². The maximum atomic E-state index is 5.65. The fraction of sp³-hybridized carbons (Fsp3) is 0.455. The number of hydrogen-bond acceptors (Lipinski definition) is 2. The topological polar surface area (TPSA) is 21.8 Å². The smallest absolute Gasteiger partial charge is 0.107 e. The Morgan fingerprint density at radius 3 is 2.71 bits per heavy atom. The summed E-state index contributed by atoms with van der Waals surface area (Å²) in [6.07, 6.45) is 0.532. The lowest BCUT2D eigenvalue weighted by molar-refractivity contribution is 0.0340. The predicted octanol–water partition coefficient (Wildman–Crippen LogP) is 2.75. The van der Waals surface area contributed by atoms with Gasteiger partial charge in [0.05, 0.1) is 19.3 Å². The van der Waals surface area contributed by atoms with Crippen molar-refractivity contribution in [3.63, 3.8) is 0 Å². The molecule has 1 aromatic carbocycles. The fourth-order valence-electron chi connectivity index (χ4n) is 1.24. The van der Waals surface area contributed by atoms with Gasteiger partial charge in [0.25, 0.3) is 0 Å². The summed E-state index contributed by atoms with van der Waals surface area (Å²) in [6.45, 7) is 3.56. The van der Waals surface area contributed by atoms with Gasteiger partial charge in [-0.05, 0) is 24.6 Å². The Morgan fingerprint density at radius 2 is 2.14 bits per heavy atom. The highest BCUT2D eigenvalue weighted by atomic mass is 79.9. The lowest BCUT2D eigenvalue weighted by atomic mass is 10.2. The number of halogens is 1. The van der Waals surface area contributed by atoms with Crippen LogP contribution in [0, 0.1) is 0 Å². The molecule has 1 fully saturated rings. The van der Waals surface area contributed by atoms with Crippen LogP contribution in [0.2, 0.25) is 0 Å². The summed E-state index contributed by atoms with van der Waals surface area (Å²) in [4.78, 5) is 0. The number of rotatable bonds is 4. The second-order valence-corrected chi connectivity index (χ2v) is 4.43. The number of hydrogen-bond donors (Lipinski definition) is 0. The first-order valence-electron chi connectivity index (χ1n) is 4.73. The monoisotopic (exact) mass is 256 g/mol. The average Bonchev–Trinajstić information content (AvgIpc) is 3.00. The summed E-state index contributed by atoms with van der Waals surface area (Å²) in [5.41, 5.74) is 1.20. The zero-order valence-electron chi connectivity index (χ0n) is 8.07. The first-order chi connectivity index (χ1) is 6.75. The first kappa shape index (κ1) is 10.1. The normalized spacial score (nSPS) is 22.0. The summed E-state index contributed by atoms with van der Waals surface area (Å²) in [7, 11) is 0. The Kier molecular flexibility index (Phi) is 3.21. The highest BCUT2D eigenvalue weighted by Gasteiger charge is 2.29. The zero-order chi connectivity index (χ0) is 9.97. The van der Waals surface area contributed by atoms with Crippen molar-refractivity contribution in [2.75, 3.05) is 6.61 Å². The molecule has 0 spiro atoms. The van der Waals surface area contributed by atoms with Crippen LogP contribution in [0.25, 0.3) is 0 Å². The van der Waals surface area contributed by atoms with Gasteiger partial charge in [-0.15, -0.1) is 0 Å². The molecule has 2 atom stereocenters. The molecule has 76 valence electrons. The van der Waals surface area contributed by atoms with E-state index in [1.165, 1.54) is 5.56 Å². The molecular formula is C11H13BrO2. The van der Waals surface area contributed by atoms with Crippen LogP contribution >= 0.6 is 15.9 Å². The van der Waals surface area contributed by atoms with Crippen molar-refractivity contribution >= 4 is 15.9 Å². The molecule has 3 heteroatoms. The van der Waals surface area contributed by atoms with E-state index in [4.69, 9.17) is 9.47 Å². The minimum absolute atomic E-state index is 0.207. The van der Waals surface area contributed by atoms with Crippen molar-refractivity contribution < 1.29 is 9.47 Å². The number of ether oxygens (including phenoxy) is 2. The summed E-state index contributed by atoms with van der Waals surface area (Å²) in [5.74, 6) is 0. The van der Waals surface area contributed by atoms with E-state index in [1.807, 2.05) is 12.1 Å². The molecule has 1 aliphatic heterocycles.